The highest BCUT2D eigenvalue weighted by Gasteiger charge is 2.18. The van der Waals surface area contributed by atoms with Gasteiger partial charge in [0, 0.05) is 18.4 Å². The van der Waals surface area contributed by atoms with E-state index >= 15 is 0 Å². The Morgan fingerprint density at radius 2 is 1.10 bits per heavy atom. The third-order valence-electron chi connectivity index (χ3n) is 5.45. The Kier molecular flexibility index (Phi) is 25.5. The van der Waals surface area contributed by atoms with Crippen molar-refractivity contribution in [1.29, 1.82) is 0 Å². The van der Waals surface area contributed by atoms with Crippen molar-refractivity contribution in [1.82, 2.24) is 9.13 Å². The number of carboxylic acids is 1. The lowest BCUT2D eigenvalue weighted by Crippen LogP contribution is -2.24. The van der Waals surface area contributed by atoms with E-state index < -0.39 is 11.4 Å². The third kappa shape index (κ3) is 18.8. The Bertz CT molecular complexity index is 1080. The van der Waals surface area contributed by atoms with Gasteiger partial charge in [-0.1, -0.05) is 121 Å². The second-order valence-electron chi connectivity index (χ2n) is 10.2. The molecule has 234 valence electrons. The molecule has 41 heavy (non-hydrogen) atoms. The fraction of sp³-hybridized carbons (Fsp3) is 0.556. The predicted molar refractivity (Wildman–Crippen MR) is 180 cm³/mol. The SMILES string of the molecule is CC.CC.CC(C)(C)C(=O)O.CCC.CCc1ccc(C)cc1.CCc1cn(Cc2ccc(C)cc2)c(=O)n1CC. The summed E-state index contributed by atoms with van der Waals surface area (Å²) in [5, 5.41) is 8.25. The van der Waals surface area contributed by atoms with Gasteiger partial charge in [-0.3, -0.25) is 13.9 Å². The number of imidazole rings is 1. The van der Waals surface area contributed by atoms with Gasteiger partial charge in [0.1, 0.15) is 0 Å². The van der Waals surface area contributed by atoms with Crippen LogP contribution in [-0.4, -0.2) is 20.2 Å². The first-order chi connectivity index (χ1) is 19.3. The maximum atomic E-state index is 12.2. The maximum Gasteiger partial charge on any atom is 0.328 e. The monoisotopic (exact) mass is 570 g/mol. The first-order valence-corrected chi connectivity index (χ1v) is 15.5. The van der Waals surface area contributed by atoms with Crippen molar-refractivity contribution in [2.75, 3.05) is 0 Å². The van der Waals surface area contributed by atoms with E-state index in [0.29, 0.717) is 6.54 Å². The lowest BCUT2D eigenvalue weighted by molar-refractivity contribution is -0.145. The van der Waals surface area contributed by atoms with E-state index in [0.717, 1.165) is 25.1 Å². The summed E-state index contributed by atoms with van der Waals surface area (Å²) in [5.74, 6) is -0.757. The second kappa shape index (κ2) is 24.7. The summed E-state index contributed by atoms with van der Waals surface area (Å²) < 4.78 is 3.64. The number of aryl methyl sites for hydroxylation is 4. The number of rotatable bonds is 5. The zero-order valence-corrected chi connectivity index (χ0v) is 28.9. The van der Waals surface area contributed by atoms with Gasteiger partial charge in [0.2, 0.25) is 0 Å². The van der Waals surface area contributed by atoms with Crippen molar-refractivity contribution in [3.63, 3.8) is 0 Å². The van der Waals surface area contributed by atoms with Crippen molar-refractivity contribution < 1.29 is 9.90 Å². The Morgan fingerprint density at radius 3 is 1.37 bits per heavy atom. The summed E-state index contributed by atoms with van der Waals surface area (Å²) in [6.07, 6.45) is 5.26. The van der Waals surface area contributed by atoms with Crippen LogP contribution in [0.2, 0.25) is 0 Å². The fourth-order valence-electron chi connectivity index (χ4n) is 3.03. The number of carboxylic acid groups (broad SMARTS) is 1. The van der Waals surface area contributed by atoms with Crippen LogP contribution in [-0.2, 0) is 30.7 Å². The van der Waals surface area contributed by atoms with Crippen LogP contribution >= 0.6 is 0 Å². The van der Waals surface area contributed by atoms with E-state index in [2.05, 4.69) is 90.1 Å². The Labute approximate surface area is 252 Å². The Balaban J connectivity index is -0.000000527. The number of nitrogens with zero attached hydrogens (tertiary/aromatic N) is 2. The third-order valence-corrected chi connectivity index (χ3v) is 5.45. The van der Waals surface area contributed by atoms with Crippen LogP contribution in [0.4, 0.5) is 0 Å². The molecule has 0 aliphatic carbocycles. The molecule has 2 aromatic carbocycles. The molecule has 1 aromatic heterocycles. The first-order valence-electron chi connectivity index (χ1n) is 15.5. The summed E-state index contributed by atoms with van der Waals surface area (Å²) in [7, 11) is 0. The van der Waals surface area contributed by atoms with Gasteiger partial charge in [0.15, 0.2) is 0 Å². The molecule has 5 heteroatoms. The number of benzene rings is 2. The molecular weight excluding hydrogens is 508 g/mol. The Hall–Kier alpha value is -3.08. The minimum absolute atomic E-state index is 0.0925. The van der Waals surface area contributed by atoms with Crippen LogP contribution < -0.4 is 5.69 Å². The summed E-state index contributed by atoms with van der Waals surface area (Å²) in [6.45, 7) is 29.1. The summed E-state index contributed by atoms with van der Waals surface area (Å²) >= 11 is 0. The molecule has 1 N–H and O–H groups in total. The minimum Gasteiger partial charge on any atom is -0.481 e. The molecular formula is C36H62N2O3. The van der Waals surface area contributed by atoms with E-state index in [-0.39, 0.29) is 5.69 Å². The minimum atomic E-state index is -0.757. The number of hydrogen-bond acceptors (Lipinski definition) is 2. The summed E-state index contributed by atoms with van der Waals surface area (Å²) in [4.78, 5) is 22.2. The van der Waals surface area contributed by atoms with Crippen molar-refractivity contribution in [2.45, 2.75) is 129 Å². The van der Waals surface area contributed by atoms with Gasteiger partial charge in [-0.15, -0.1) is 0 Å². The molecule has 0 radical (unpaired) electrons. The van der Waals surface area contributed by atoms with Crippen LogP contribution in [0.15, 0.2) is 59.5 Å². The predicted octanol–water partition coefficient (Wildman–Crippen LogP) is 9.73. The average molecular weight is 571 g/mol. The van der Waals surface area contributed by atoms with Crippen molar-refractivity contribution in [2.24, 2.45) is 5.41 Å². The Morgan fingerprint density at radius 1 is 0.732 bits per heavy atom. The van der Waals surface area contributed by atoms with E-state index in [1.165, 1.54) is 28.7 Å². The molecule has 5 nitrogen and oxygen atoms in total. The number of aromatic nitrogens is 2. The molecule has 0 aliphatic heterocycles. The molecule has 3 aromatic rings. The molecule has 0 spiro atoms. The van der Waals surface area contributed by atoms with Crippen LogP contribution in [0.5, 0.6) is 0 Å². The van der Waals surface area contributed by atoms with Gasteiger partial charge >= 0.3 is 11.7 Å². The van der Waals surface area contributed by atoms with Gasteiger partial charge in [0.05, 0.1) is 12.0 Å². The van der Waals surface area contributed by atoms with Gasteiger partial charge in [-0.05, 0) is 65.5 Å². The largest absolute Gasteiger partial charge is 0.481 e. The molecule has 1 heterocycles. The average Bonchev–Trinajstić information content (AvgIpc) is 3.27. The number of carbonyl (C=O) groups is 1. The van der Waals surface area contributed by atoms with E-state index in [4.69, 9.17) is 5.11 Å². The van der Waals surface area contributed by atoms with Gasteiger partial charge in [0.25, 0.3) is 0 Å². The maximum absolute atomic E-state index is 12.2. The highest BCUT2D eigenvalue weighted by Crippen LogP contribution is 2.11. The van der Waals surface area contributed by atoms with Crippen LogP contribution in [0.3, 0.4) is 0 Å². The highest BCUT2D eigenvalue weighted by molar-refractivity contribution is 5.72. The van der Waals surface area contributed by atoms with Gasteiger partial charge in [-0.2, -0.15) is 0 Å². The molecule has 0 saturated carbocycles. The number of hydrogen-bond donors (Lipinski definition) is 1. The van der Waals surface area contributed by atoms with Crippen LogP contribution in [0.1, 0.15) is 117 Å². The topological polar surface area (TPSA) is 64.2 Å². The van der Waals surface area contributed by atoms with Crippen LogP contribution in [0, 0.1) is 19.3 Å². The first kappa shape index (κ1) is 42.4. The second-order valence-corrected chi connectivity index (χ2v) is 10.2. The number of aliphatic carboxylic acids is 1. The normalized spacial score (nSPS) is 9.51. The zero-order valence-electron chi connectivity index (χ0n) is 28.9. The van der Waals surface area contributed by atoms with E-state index in [1.807, 2.05) is 45.4 Å². The lowest BCUT2D eigenvalue weighted by Gasteiger charge is -2.08. The van der Waals surface area contributed by atoms with Gasteiger partial charge < -0.3 is 5.11 Å². The molecule has 0 amide bonds. The van der Waals surface area contributed by atoms with Crippen molar-refractivity contribution >= 4 is 5.97 Å². The summed E-state index contributed by atoms with van der Waals surface area (Å²) in [5.41, 5.74) is 5.78. The van der Waals surface area contributed by atoms with E-state index in [9.17, 15) is 9.59 Å². The van der Waals surface area contributed by atoms with Gasteiger partial charge in [-0.25, -0.2) is 4.79 Å². The molecule has 0 atom stereocenters. The quantitative estimate of drug-likeness (QED) is 0.332. The summed E-state index contributed by atoms with van der Waals surface area (Å²) in [6, 6.07) is 17.0. The van der Waals surface area contributed by atoms with Crippen molar-refractivity contribution in [3.8, 4) is 0 Å². The van der Waals surface area contributed by atoms with Crippen molar-refractivity contribution in [3.05, 3.63) is 93.2 Å². The fourth-order valence-corrected chi connectivity index (χ4v) is 3.03. The highest BCUT2D eigenvalue weighted by atomic mass is 16.4. The molecule has 0 fully saturated rings. The molecule has 0 bridgehead atoms. The lowest BCUT2D eigenvalue weighted by atomic mass is 9.98. The van der Waals surface area contributed by atoms with E-state index in [1.54, 1.807) is 25.3 Å². The molecule has 3 rings (SSSR count). The standard InChI is InChI=1S/C15H20N2O.C9H12.C5H10O2.C3H8.2C2H6/c1-4-14-11-16(15(18)17(14)5-2)10-13-8-6-12(3)7-9-13;1-3-9-6-4-8(2)5-7-9;1-5(2,3)4(6)7;1-3-2;2*1-2/h6-9,11H,4-5,10H2,1-3H3;4-7H,3H2,1-2H3;1-3H3,(H,6,7);3H2,1-2H3;2*1-2H3. The zero-order chi connectivity index (χ0) is 32.6. The molecule has 0 aliphatic rings. The molecule has 0 unspecified atom stereocenters. The smallest absolute Gasteiger partial charge is 0.328 e. The van der Waals surface area contributed by atoms with Crippen LogP contribution in [0.25, 0.3) is 0 Å². The molecule has 0 saturated heterocycles.